The Hall–Kier alpha value is -1.03. The van der Waals surface area contributed by atoms with Gasteiger partial charge in [0.05, 0.1) is 30.1 Å². The molecule has 1 amide bonds. The minimum Gasteiger partial charge on any atom is -0.548 e. The number of carbonyl (C=O) groups excluding carboxylic acids is 3. The molecule has 2 aliphatic heterocycles. The average molecular weight is 383 g/mol. The van der Waals surface area contributed by atoms with Gasteiger partial charge in [0, 0.05) is 6.08 Å². The second-order valence-electron chi connectivity index (χ2n) is 6.32. The zero-order chi connectivity index (χ0) is 18.1. The monoisotopic (exact) mass is 383 g/mol. The number of carboxylic acid groups (broad SMARTS) is 1. The summed E-state index contributed by atoms with van der Waals surface area (Å²) in [5.74, 6) is -3.20. The summed E-state index contributed by atoms with van der Waals surface area (Å²) in [7, 11) is 0. The molecule has 8 heteroatoms. The maximum Gasteiger partial charge on any atom is 1.00 e. The van der Waals surface area contributed by atoms with E-state index < -0.39 is 42.0 Å². The van der Waals surface area contributed by atoms with Crippen molar-refractivity contribution in [2.45, 2.75) is 38.1 Å². The van der Waals surface area contributed by atoms with E-state index in [0.717, 1.165) is 11.6 Å². The summed E-state index contributed by atoms with van der Waals surface area (Å²) in [6.45, 7) is 1.56. The Labute approximate surface area is 193 Å². The van der Waals surface area contributed by atoms with E-state index in [1.807, 2.05) is 18.2 Å². The van der Waals surface area contributed by atoms with Crippen LogP contribution < -0.4 is 56.5 Å². The van der Waals surface area contributed by atoms with Gasteiger partial charge >= 0.3 is 57.4 Å². The summed E-state index contributed by atoms with van der Waals surface area (Å²) >= 11 is 0. The van der Waals surface area contributed by atoms with Gasteiger partial charge in [0.15, 0.2) is 0 Å². The molecule has 1 aromatic rings. The zero-order valence-electron chi connectivity index (χ0n) is 14.6. The topological polar surface area (TPSA) is 107 Å². The Kier molecular flexibility index (Phi) is 7.17. The third kappa shape index (κ3) is 4.10. The predicted octanol–water partition coefficient (Wildman–Crippen LogP) is -3.61. The van der Waals surface area contributed by atoms with Gasteiger partial charge in [-0.2, -0.15) is 0 Å². The van der Waals surface area contributed by atoms with Crippen LogP contribution in [0.15, 0.2) is 42.0 Å². The molecule has 0 bridgehead atoms. The number of aliphatic carboxylic acids is 1. The number of β-lactam (4-membered cyclic amide) rings is 1. The third-order valence-corrected chi connectivity index (χ3v) is 4.66. The second kappa shape index (κ2) is 8.77. The van der Waals surface area contributed by atoms with Crippen molar-refractivity contribution in [1.29, 1.82) is 0 Å². The number of hydrogen-bond donors (Lipinski definition) is 1. The number of fused-ring (bicyclic) bond motifs is 1. The SMILES string of the molecule is C[C@@H](O)[C@H]1C(=O)N2[C@@H](C(=O)[O-])C(=CC(=O)OCc3ccccc3)C[C@H]12.[K+]. The molecule has 2 saturated heterocycles. The maximum atomic E-state index is 12.1. The fourth-order valence-electron chi connectivity index (χ4n) is 3.52. The van der Waals surface area contributed by atoms with Crippen molar-refractivity contribution < 1.29 is 80.7 Å². The average Bonchev–Trinajstić information content (AvgIpc) is 2.88. The van der Waals surface area contributed by atoms with E-state index >= 15 is 0 Å². The molecule has 0 aliphatic carbocycles. The molecule has 132 valence electrons. The molecule has 0 spiro atoms. The van der Waals surface area contributed by atoms with Crippen molar-refractivity contribution >= 4 is 17.8 Å². The first-order valence-corrected chi connectivity index (χ1v) is 8.02. The van der Waals surface area contributed by atoms with E-state index in [9.17, 15) is 24.6 Å². The van der Waals surface area contributed by atoms with Gasteiger partial charge in [-0.3, -0.25) is 4.79 Å². The molecular weight excluding hydrogens is 365 g/mol. The first-order chi connectivity index (χ1) is 11.9. The predicted molar refractivity (Wildman–Crippen MR) is 83.5 cm³/mol. The number of benzene rings is 1. The van der Waals surface area contributed by atoms with Gasteiger partial charge in [-0.1, -0.05) is 30.3 Å². The Bertz CT molecular complexity index is 732. The van der Waals surface area contributed by atoms with E-state index in [-0.39, 0.29) is 70.0 Å². The van der Waals surface area contributed by atoms with Crippen LogP contribution >= 0.6 is 0 Å². The van der Waals surface area contributed by atoms with E-state index in [1.54, 1.807) is 12.1 Å². The molecule has 0 saturated carbocycles. The van der Waals surface area contributed by atoms with Crippen molar-refractivity contribution in [3.63, 3.8) is 0 Å². The molecule has 7 nitrogen and oxygen atoms in total. The largest absolute Gasteiger partial charge is 1.00 e. The van der Waals surface area contributed by atoms with Crippen LogP contribution in [0.3, 0.4) is 0 Å². The van der Waals surface area contributed by atoms with Gasteiger partial charge < -0.3 is 24.6 Å². The van der Waals surface area contributed by atoms with Gasteiger partial charge in [0.1, 0.15) is 6.61 Å². The molecule has 2 fully saturated rings. The van der Waals surface area contributed by atoms with E-state index in [1.165, 1.54) is 11.8 Å². The Morgan fingerprint density at radius 1 is 1.38 bits per heavy atom. The number of nitrogens with zero attached hydrogens (tertiary/aromatic N) is 1. The minimum absolute atomic E-state index is 0. The summed E-state index contributed by atoms with van der Waals surface area (Å²) in [5.41, 5.74) is 1.07. The van der Waals surface area contributed by atoms with Gasteiger partial charge in [-0.15, -0.1) is 0 Å². The smallest absolute Gasteiger partial charge is 0.548 e. The minimum atomic E-state index is -1.44. The third-order valence-electron chi connectivity index (χ3n) is 4.66. The number of amides is 1. The summed E-state index contributed by atoms with van der Waals surface area (Å²) in [4.78, 5) is 36.7. The second-order valence-corrected chi connectivity index (χ2v) is 6.32. The molecule has 2 aliphatic rings. The fourth-order valence-corrected chi connectivity index (χ4v) is 3.52. The number of rotatable bonds is 5. The molecule has 4 atom stereocenters. The van der Waals surface area contributed by atoms with Gasteiger partial charge in [-0.25, -0.2) is 4.79 Å². The fraction of sp³-hybridized carbons (Fsp3) is 0.389. The summed E-state index contributed by atoms with van der Waals surface area (Å²) in [6, 6.07) is 7.38. The van der Waals surface area contributed by atoms with Gasteiger partial charge in [-0.05, 0) is 24.5 Å². The van der Waals surface area contributed by atoms with E-state index in [0.29, 0.717) is 0 Å². The molecule has 0 unspecified atom stereocenters. The molecule has 0 aromatic heterocycles. The number of aliphatic hydroxyl groups excluding tert-OH is 1. The summed E-state index contributed by atoms with van der Waals surface area (Å²) in [5, 5.41) is 21.1. The number of carbonyl (C=O) groups is 3. The standard InChI is InChI=1S/C18H19NO6.K/c1-10(20)15-13-7-12(16(18(23)24)19(13)17(15)22)8-14(21)25-9-11-5-3-2-4-6-11;/h2-6,8,10,13,15-16,20H,7,9H2,1H3,(H,23,24);/q;+1/p-1/t10-,13-,15-,16-;/m1./s1. The number of hydrogen-bond acceptors (Lipinski definition) is 6. The normalized spacial score (nSPS) is 26.5. The van der Waals surface area contributed by atoms with E-state index in [4.69, 9.17) is 4.74 Å². The van der Waals surface area contributed by atoms with Crippen LogP contribution in [0.2, 0.25) is 0 Å². The Balaban J connectivity index is 0.00000243. The molecule has 0 radical (unpaired) electrons. The first-order valence-electron chi connectivity index (χ1n) is 8.02. The Morgan fingerprint density at radius 2 is 2.04 bits per heavy atom. The van der Waals surface area contributed by atoms with Crippen molar-refractivity contribution in [2.75, 3.05) is 0 Å². The van der Waals surface area contributed by atoms with Gasteiger partial charge in [0.2, 0.25) is 5.91 Å². The molecule has 1 N–H and O–H groups in total. The van der Waals surface area contributed by atoms with Crippen molar-refractivity contribution in [3.05, 3.63) is 47.5 Å². The first kappa shape index (κ1) is 21.3. The maximum absolute atomic E-state index is 12.1. The van der Waals surface area contributed by atoms with Gasteiger partial charge in [0.25, 0.3) is 0 Å². The van der Waals surface area contributed by atoms with Crippen LogP contribution in [0.5, 0.6) is 0 Å². The number of esters is 1. The molecule has 2 heterocycles. The quantitative estimate of drug-likeness (QED) is 0.244. The van der Waals surface area contributed by atoms with Crippen LogP contribution in [0, 0.1) is 5.92 Å². The molecule has 3 rings (SSSR count). The van der Waals surface area contributed by atoms with Crippen LogP contribution in [-0.2, 0) is 25.7 Å². The molecular formula is C18H18KNO6. The van der Waals surface area contributed by atoms with Crippen LogP contribution in [0.25, 0.3) is 0 Å². The summed E-state index contributed by atoms with van der Waals surface area (Å²) in [6.07, 6.45) is 0.453. The van der Waals surface area contributed by atoms with Crippen molar-refractivity contribution in [1.82, 2.24) is 4.90 Å². The van der Waals surface area contributed by atoms with Crippen molar-refractivity contribution in [2.24, 2.45) is 5.92 Å². The number of ether oxygens (including phenoxy) is 1. The van der Waals surface area contributed by atoms with Crippen LogP contribution in [-0.4, -0.2) is 46.0 Å². The zero-order valence-corrected chi connectivity index (χ0v) is 17.7. The van der Waals surface area contributed by atoms with Crippen LogP contribution in [0.1, 0.15) is 18.9 Å². The van der Waals surface area contributed by atoms with Crippen LogP contribution in [0.4, 0.5) is 0 Å². The summed E-state index contributed by atoms with van der Waals surface area (Å²) < 4.78 is 5.13. The number of carboxylic acids is 1. The van der Waals surface area contributed by atoms with E-state index in [2.05, 4.69) is 0 Å². The Morgan fingerprint density at radius 3 is 2.62 bits per heavy atom. The molecule has 26 heavy (non-hydrogen) atoms. The van der Waals surface area contributed by atoms with Crippen molar-refractivity contribution in [3.8, 4) is 0 Å². The molecule has 1 aromatic carbocycles. The number of aliphatic hydroxyl groups is 1.